The van der Waals surface area contributed by atoms with Crippen molar-refractivity contribution in [3.05, 3.63) is 0 Å². The van der Waals surface area contributed by atoms with E-state index in [0.717, 1.165) is 38.3 Å². The van der Waals surface area contributed by atoms with E-state index >= 15 is 0 Å². The molecular formula is C17H34N2O. The SMILES string of the molecule is CCCN(CC1(CNCC(C)C)CCCOC1)C1CC1. The summed E-state index contributed by atoms with van der Waals surface area (Å²) in [4.78, 5) is 2.74. The van der Waals surface area contributed by atoms with Gasteiger partial charge in [0, 0.05) is 31.2 Å². The molecule has 1 aliphatic heterocycles. The topological polar surface area (TPSA) is 24.5 Å². The van der Waals surface area contributed by atoms with Crippen molar-refractivity contribution in [3.8, 4) is 0 Å². The minimum Gasteiger partial charge on any atom is -0.381 e. The predicted octanol–water partition coefficient (Wildman–Crippen LogP) is 2.90. The Hall–Kier alpha value is -0.120. The predicted molar refractivity (Wildman–Crippen MR) is 85.1 cm³/mol. The van der Waals surface area contributed by atoms with Crippen LogP contribution in [0.15, 0.2) is 0 Å². The molecule has 3 nitrogen and oxygen atoms in total. The molecule has 1 saturated carbocycles. The molecule has 1 aliphatic carbocycles. The molecule has 0 aromatic carbocycles. The summed E-state index contributed by atoms with van der Waals surface area (Å²) in [7, 11) is 0. The van der Waals surface area contributed by atoms with E-state index in [4.69, 9.17) is 4.74 Å². The first kappa shape index (κ1) is 16.3. The first-order valence-electron chi connectivity index (χ1n) is 8.68. The van der Waals surface area contributed by atoms with E-state index in [2.05, 4.69) is 31.0 Å². The molecule has 1 N–H and O–H groups in total. The van der Waals surface area contributed by atoms with E-state index < -0.39 is 0 Å². The number of rotatable bonds is 9. The fourth-order valence-corrected chi connectivity index (χ4v) is 3.40. The van der Waals surface area contributed by atoms with Gasteiger partial charge < -0.3 is 10.1 Å². The first-order valence-corrected chi connectivity index (χ1v) is 8.68. The second-order valence-corrected chi connectivity index (χ2v) is 7.38. The summed E-state index contributed by atoms with van der Waals surface area (Å²) in [5.74, 6) is 0.728. The van der Waals surface area contributed by atoms with Gasteiger partial charge in [-0.2, -0.15) is 0 Å². The van der Waals surface area contributed by atoms with Crippen LogP contribution in [0.3, 0.4) is 0 Å². The summed E-state index contributed by atoms with van der Waals surface area (Å²) in [6.07, 6.45) is 6.65. The molecule has 20 heavy (non-hydrogen) atoms. The number of ether oxygens (including phenoxy) is 1. The minimum absolute atomic E-state index is 0.352. The molecule has 0 spiro atoms. The highest BCUT2D eigenvalue weighted by atomic mass is 16.5. The second-order valence-electron chi connectivity index (χ2n) is 7.38. The van der Waals surface area contributed by atoms with Crippen molar-refractivity contribution in [2.24, 2.45) is 11.3 Å². The van der Waals surface area contributed by atoms with E-state index in [0.29, 0.717) is 5.41 Å². The number of nitrogens with zero attached hydrogens (tertiary/aromatic N) is 1. The largest absolute Gasteiger partial charge is 0.381 e. The molecule has 1 heterocycles. The Labute approximate surface area is 125 Å². The molecule has 118 valence electrons. The number of nitrogens with one attached hydrogen (secondary N) is 1. The van der Waals surface area contributed by atoms with E-state index in [-0.39, 0.29) is 0 Å². The highest BCUT2D eigenvalue weighted by Crippen LogP contribution is 2.34. The van der Waals surface area contributed by atoms with Gasteiger partial charge in [0.25, 0.3) is 0 Å². The number of hydrogen-bond donors (Lipinski definition) is 1. The standard InChI is InChI=1S/C17H34N2O/c1-4-9-19(16-6-7-16)13-17(8-5-10-20-14-17)12-18-11-15(2)3/h15-16,18H,4-14H2,1-3H3. The maximum absolute atomic E-state index is 5.86. The van der Waals surface area contributed by atoms with Crippen LogP contribution in [0.25, 0.3) is 0 Å². The van der Waals surface area contributed by atoms with Crippen LogP contribution in [0.5, 0.6) is 0 Å². The Morgan fingerprint density at radius 2 is 2.15 bits per heavy atom. The Morgan fingerprint density at radius 1 is 1.35 bits per heavy atom. The third kappa shape index (κ3) is 5.01. The maximum Gasteiger partial charge on any atom is 0.0546 e. The van der Waals surface area contributed by atoms with Crippen molar-refractivity contribution in [1.29, 1.82) is 0 Å². The van der Waals surface area contributed by atoms with Crippen LogP contribution in [-0.2, 0) is 4.74 Å². The summed E-state index contributed by atoms with van der Waals surface area (Å²) in [5.41, 5.74) is 0.352. The fourth-order valence-electron chi connectivity index (χ4n) is 3.40. The summed E-state index contributed by atoms with van der Waals surface area (Å²) >= 11 is 0. The normalized spacial score (nSPS) is 27.4. The smallest absolute Gasteiger partial charge is 0.0546 e. The van der Waals surface area contributed by atoms with Crippen LogP contribution >= 0.6 is 0 Å². The van der Waals surface area contributed by atoms with Gasteiger partial charge in [-0.15, -0.1) is 0 Å². The average molecular weight is 282 g/mol. The minimum atomic E-state index is 0.352. The van der Waals surface area contributed by atoms with Crippen molar-refractivity contribution in [3.63, 3.8) is 0 Å². The third-order valence-corrected chi connectivity index (χ3v) is 4.57. The Morgan fingerprint density at radius 3 is 2.70 bits per heavy atom. The fraction of sp³-hybridized carbons (Fsp3) is 1.00. The Bertz CT molecular complexity index is 270. The molecule has 0 aromatic heterocycles. The molecule has 0 bridgehead atoms. The lowest BCUT2D eigenvalue weighted by atomic mass is 9.81. The van der Waals surface area contributed by atoms with Gasteiger partial charge >= 0.3 is 0 Å². The van der Waals surface area contributed by atoms with Gasteiger partial charge in [0.15, 0.2) is 0 Å². The quantitative estimate of drug-likeness (QED) is 0.704. The molecule has 2 fully saturated rings. The zero-order valence-corrected chi connectivity index (χ0v) is 13.8. The lowest BCUT2D eigenvalue weighted by Gasteiger charge is -2.41. The van der Waals surface area contributed by atoms with E-state index in [1.165, 1.54) is 45.2 Å². The molecule has 0 amide bonds. The van der Waals surface area contributed by atoms with Crippen LogP contribution in [-0.4, -0.2) is 50.3 Å². The van der Waals surface area contributed by atoms with Gasteiger partial charge in [0.1, 0.15) is 0 Å². The van der Waals surface area contributed by atoms with Crippen molar-refractivity contribution < 1.29 is 4.74 Å². The van der Waals surface area contributed by atoms with E-state index in [1.54, 1.807) is 0 Å². The molecule has 2 rings (SSSR count). The van der Waals surface area contributed by atoms with Crippen molar-refractivity contribution in [2.75, 3.05) is 39.4 Å². The summed E-state index contributed by atoms with van der Waals surface area (Å²) in [6, 6.07) is 0.874. The zero-order chi connectivity index (χ0) is 14.4. The highest BCUT2D eigenvalue weighted by molar-refractivity contribution is 4.92. The van der Waals surface area contributed by atoms with Gasteiger partial charge in [-0.3, -0.25) is 4.90 Å². The van der Waals surface area contributed by atoms with Gasteiger partial charge in [0.2, 0.25) is 0 Å². The molecule has 3 heteroatoms. The maximum atomic E-state index is 5.86. The second kappa shape index (κ2) is 7.77. The Kier molecular flexibility index (Phi) is 6.31. The van der Waals surface area contributed by atoms with Crippen molar-refractivity contribution >= 4 is 0 Å². The number of hydrogen-bond acceptors (Lipinski definition) is 3. The molecule has 0 radical (unpaired) electrons. The van der Waals surface area contributed by atoms with Crippen LogP contribution in [0.1, 0.15) is 52.9 Å². The van der Waals surface area contributed by atoms with Gasteiger partial charge in [0.05, 0.1) is 6.61 Å². The summed E-state index contributed by atoms with van der Waals surface area (Å²) < 4.78 is 5.86. The van der Waals surface area contributed by atoms with Crippen molar-refractivity contribution in [1.82, 2.24) is 10.2 Å². The summed E-state index contributed by atoms with van der Waals surface area (Å²) in [5, 5.41) is 3.70. The van der Waals surface area contributed by atoms with Gasteiger partial charge in [-0.05, 0) is 51.1 Å². The first-order chi connectivity index (χ1) is 9.65. The lowest BCUT2D eigenvalue weighted by Crippen LogP contribution is -2.50. The lowest BCUT2D eigenvalue weighted by molar-refractivity contribution is -0.0278. The molecular weight excluding hydrogens is 248 g/mol. The van der Waals surface area contributed by atoms with Crippen molar-refractivity contribution in [2.45, 2.75) is 58.9 Å². The molecule has 1 unspecified atom stereocenters. The third-order valence-electron chi connectivity index (χ3n) is 4.57. The Balaban J connectivity index is 1.90. The van der Waals surface area contributed by atoms with Crippen LogP contribution in [0.2, 0.25) is 0 Å². The molecule has 2 aliphatic rings. The van der Waals surface area contributed by atoms with E-state index in [1.807, 2.05) is 0 Å². The average Bonchev–Trinajstić information content (AvgIpc) is 3.23. The van der Waals surface area contributed by atoms with Gasteiger partial charge in [-0.1, -0.05) is 20.8 Å². The van der Waals surface area contributed by atoms with Crippen LogP contribution in [0, 0.1) is 11.3 Å². The highest BCUT2D eigenvalue weighted by Gasteiger charge is 2.38. The van der Waals surface area contributed by atoms with Crippen LogP contribution in [0.4, 0.5) is 0 Å². The molecule has 1 atom stereocenters. The van der Waals surface area contributed by atoms with E-state index in [9.17, 15) is 0 Å². The van der Waals surface area contributed by atoms with Gasteiger partial charge in [-0.25, -0.2) is 0 Å². The van der Waals surface area contributed by atoms with Crippen LogP contribution < -0.4 is 5.32 Å². The zero-order valence-electron chi connectivity index (χ0n) is 13.8. The monoisotopic (exact) mass is 282 g/mol. The molecule has 0 aromatic rings. The molecule has 1 saturated heterocycles. The summed E-state index contributed by atoms with van der Waals surface area (Å²) in [6.45, 7) is 13.5.